The van der Waals surface area contributed by atoms with Gasteiger partial charge in [-0.3, -0.25) is 4.79 Å². The maximum Gasteiger partial charge on any atom is 0.243 e. The first kappa shape index (κ1) is 21.3. The molecular formula is C22H28N2O4S. The molecule has 0 radical (unpaired) electrons. The number of nitrogens with zero attached hydrogens (tertiary/aromatic N) is 1. The Morgan fingerprint density at radius 1 is 1.14 bits per heavy atom. The quantitative estimate of drug-likeness (QED) is 0.672. The number of aryl methyl sites for hydroxylation is 1. The highest BCUT2D eigenvalue weighted by Gasteiger charge is 2.33. The number of ether oxygens (including phenoxy) is 1. The van der Waals surface area contributed by atoms with E-state index in [9.17, 15) is 13.2 Å². The highest BCUT2D eigenvalue weighted by Crippen LogP contribution is 2.25. The molecular weight excluding hydrogens is 388 g/mol. The van der Waals surface area contributed by atoms with E-state index in [1.807, 2.05) is 18.2 Å². The number of methoxy groups -OCH3 is 1. The lowest BCUT2D eigenvalue weighted by molar-refractivity contribution is -0.126. The molecule has 1 saturated heterocycles. The van der Waals surface area contributed by atoms with E-state index in [1.165, 1.54) is 17.0 Å². The summed E-state index contributed by atoms with van der Waals surface area (Å²) in [6.07, 6.45) is 3.15. The van der Waals surface area contributed by atoms with Crippen molar-refractivity contribution in [3.63, 3.8) is 0 Å². The van der Waals surface area contributed by atoms with Gasteiger partial charge in [0.1, 0.15) is 5.75 Å². The zero-order chi connectivity index (χ0) is 20.7. The monoisotopic (exact) mass is 416 g/mol. The van der Waals surface area contributed by atoms with Gasteiger partial charge in [-0.15, -0.1) is 0 Å². The van der Waals surface area contributed by atoms with Crippen LogP contribution in [0.15, 0.2) is 59.5 Å². The largest absolute Gasteiger partial charge is 0.497 e. The Kier molecular flexibility index (Phi) is 7.28. The molecule has 0 aliphatic carbocycles. The van der Waals surface area contributed by atoms with Crippen LogP contribution in [-0.4, -0.2) is 45.4 Å². The average Bonchev–Trinajstić information content (AvgIpc) is 2.77. The Morgan fingerprint density at radius 3 is 2.55 bits per heavy atom. The van der Waals surface area contributed by atoms with Crippen molar-refractivity contribution in [3.05, 3.63) is 60.2 Å². The van der Waals surface area contributed by atoms with Crippen molar-refractivity contribution in [3.8, 4) is 5.75 Å². The molecule has 0 saturated carbocycles. The van der Waals surface area contributed by atoms with E-state index >= 15 is 0 Å². The molecule has 29 heavy (non-hydrogen) atoms. The van der Waals surface area contributed by atoms with E-state index in [0.717, 1.165) is 12.8 Å². The second-order valence-corrected chi connectivity index (χ2v) is 9.20. The molecule has 1 amide bonds. The van der Waals surface area contributed by atoms with Gasteiger partial charge >= 0.3 is 0 Å². The number of carbonyl (C=O) groups excluding carboxylic acids is 1. The lowest BCUT2D eigenvalue weighted by atomic mass is 9.99. The van der Waals surface area contributed by atoms with Gasteiger partial charge in [0, 0.05) is 19.6 Å². The van der Waals surface area contributed by atoms with Gasteiger partial charge in [0.05, 0.1) is 17.9 Å². The van der Waals surface area contributed by atoms with Crippen molar-refractivity contribution in [2.45, 2.75) is 30.6 Å². The molecule has 1 aliphatic rings. The number of piperidine rings is 1. The van der Waals surface area contributed by atoms with Crippen molar-refractivity contribution >= 4 is 15.9 Å². The summed E-state index contributed by atoms with van der Waals surface area (Å²) in [6.45, 7) is 1.25. The van der Waals surface area contributed by atoms with Crippen molar-refractivity contribution in [2.75, 3.05) is 26.7 Å². The summed E-state index contributed by atoms with van der Waals surface area (Å²) in [4.78, 5) is 12.8. The lowest BCUT2D eigenvalue weighted by Gasteiger charge is -2.31. The third kappa shape index (κ3) is 5.58. The van der Waals surface area contributed by atoms with Gasteiger partial charge in [-0.2, -0.15) is 4.31 Å². The van der Waals surface area contributed by atoms with Crippen LogP contribution < -0.4 is 10.1 Å². The number of hydrogen-bond acceptors (Lipinski definition) is 4. The summed E-state index contributed by atoms with van der Waals surface area (Å²) in [5.41, 5.74) is 1.25. The molecule has 156 valence electrons. The topological polar surface area (TPSA) is 75.7 Å². The van der Waals surface area contributed by atoms with Crippen LogP contribution in [0.3, 0.4) is 0 Å². The van der Waals surface area contributed by atoms with Crippen LogP contribution in [0.25, 0.3) is 0 Å². The van der Waals surface area contributed by atoms with Gasteiger partial charge in [0.25, 0.3) is 0 Å². The Hall–Kier alpha value is -2.38. The summed E-state index contributed by atoms with van der Waals surface area (Å²) in [5.74, 6) is 0.233. The van der Waals surface area contributed by atoms with Gasteiger partial charge < -0.3 is 10.1 Å². The molecule has 1 N–H and O–H groups in total. The first-order chi connectivity index (χ1) is 14.0. The van der Waals surface area contributed by atoms with Crippen molar-refractivity contribution in [1.82, 2.24) is 9.62 Å². The van der Waals surface area contributed by atoms with Crippen LogP contribution in [0, 0.1) is 5.92 Å². The van der Waals surface area contributed by atoms with Gasteiger partial charge in [-0.25, -0.2) is 8.42 Å². The van der Waals surface area contributed by atoms with Crippen LogP contribution in [0.1, 0.15) is 24.8 Å². The second-order valence-electron chi connectivity index (χ2n) is 7.26. The zero-order valence-corrected chi connectivity index (χ0v) is 17.5. The summed E-state index contributed by atoms with van der Waals surface area (Å²) < 4.78 is 32.4. The fourth-order valence-electron chi connectivity index (χ4n) is 3.56. The van der Waals surface area contributed by atoms with Crippen LogP contribution >= 0.6 is 0 Å². The van der Waals surface area contributed by atoms with Gasteiger partial charge in [0.15, 0.2) is 0 Å². The summed E-state index contributed by atoms with van der Waals surface area (Å²) in [6, 6.07) is 16.5. The van der Waals surface area contributed by atoms with Gasteiger partial charge in [0.2, 0.25) is 15.9 Å². The third-order valence-electron chi connectivity index (χ3n) is 5.24. The first-order valence-electron chi connectivity index (χ1n) is 9.96. The minimum Gasteiger partial charge on any atom is -0.497 e. The van der Waals surface area contributed by atoms with Crippen LogP contribution in [0.2, 0.25) is 0 Å². The molecule has 1 unspecified atom stereocenters. The predicted molar refractivity (Wildman–Crippen MR) is 112 cm³/mol. The number of rotatable bonds is 8. The Bertz CT molecular complexity index is 898. The zero-order valence-electron chi connectivity index (χ0n) is 16.7. The first-order valence-corrected chi connectivity index (χ1v) is 11.4. The van der Waals surface area contributed by atoms with Crippen molar-refractivity contribution in [1.29, 1.82) is 0 Å². The van der Waals surface area contributed by atoms with E-state index in [-0.39, 0.29) is 23.3 Å². The molecule has 1 atom stereocenters. The molecule has 0 spiro atoms. The van der Waals surface area contributed by atoms with Gasteiger partial charge in [-0.1, -0.05) is 30.3 Å². The summed E-state index contributed by atoms with van der Waals surface area (Å²) in [5, 5.41) is 2.97. The molecule has 6 nitrogen and oxygen atoms in total. The lowest BCUT2D eigenvalue weighted by Crippen LogP contribution is -2.45. The van der Waals surface area contributed by atoms with Crippen molar-refractivity contribution < 1.29 is 17.9 Å². The predicted octanol–water partition coefficient (Wildman–Crippen LogP) is 2.84. The van der Waals surface area contributed by atoms with Crippen LogP contribution in [0.4, 0.5) is 0 Å². The molecule has 1 heterocycles. The second kappa shape index (κ2) is 9.89. The third-order valence-corrected chi connectivity index (χ3v) is 7.12. The number of amides is 1. The fourth-order valence-corrected chi connectivity index (χ4v) is 5.09. The molecule has 7 heteroatoms. The number of sulfonamides is 1. The molecule has 0 bridgehead atoms. The molecule has 2 aromatic rings. The van der Waals surface area contributed by atoms with Crippen LogP contribution in [-0.2, 0) is 21.2 Å². The SMILES string of the molecule is COc1ccc(S(=O)(=O)N2CCCC(C(=O)NCCCc3ccccc3)C2)cc1. The summed E-state index contributed by atoms with van der Waals surface area (Å²) in [7, 11) is -2.08. The minimum absolute atomic E-state index is 0.0623. The number of hydrogen-bond donors (Lipinski definition) is 1. The molecule has 2 aromatic carbocycles. The Morgan fingerprint density at radius 2 is 1.86 bits per heavy atom. The molecule has 1 fully saturated rings. The highest BCUT2D eigenvalue weighted by molar-refractivity contribution is 7.89. The van der Waals surface area contributed by atoms with E-state index in [2.05, 4.69) is 17.4 Å². The summed E-state index contributed by atoms with van der Waals surface area (Å²) >= 11 is 0. The smallest absolute Gasteiger partial charge is 0.243 e. The van der Waals surface area contributed by atoms with E-state index in [0.29, 0.717) is 31.7 Å². The fraction of sp³-hybridized carbons (Fsp3) is 0.409. The standard InChI is InChI=1S/C22H28N2O4S/c1-28-20-11-13-21(14-12-20)29(26,27)24-16-6-10-19(17-24)22(25)23-15-5-9-18-7-3-2-4-8-18/h2-4,7-8,11-14,19H,5-6,9-10,15-17H2,1H3,(H,23,25). The van der Waals surface area contributed by atoms with E-state index < -0.39 is 10.0 Å². The number of benzene rings is 2. The maximum absolute atomic E-state index is 12.9. The van der Waals surface area contributed by atoms with Crippen LogP contribution in [0.5, 0.6) is 5.75 Å². The minimum atomic E-state index is -3.62. The molecule has 3 rings (SSSR count). The molecule has 0 aromatic heterocycles. The van der Waals surface area contributed by atoms with Gasteiger partial charge in [-0.05, 0) is 55.5 Å². The number of carbonyl (C=O) groups is 1. The number of nitrogens with one attached hydrogen (secondary N) is 1. The van der Waals surface area contributed by atoms with Crippen molar-refractivity contribution in [2.24, 2.45) is 5.92 Å². The van der Waals surface area contributed by atoms with E-state index in [4.69, 9.17) is 4.74 Å². The molecule has 1 aliphatic heterocycles. The highest BCUT2D eigenvalue weighted by atomic mass is 32.2. The van der Waals surface area contributed by atoms with E-state index in [1.54, 1.807) is 24.3 Å². The maximum atomic E-state index is 12.9. The Labute approximate surface area is 172 Å². The Balaban J connectivity index is 1.52. The average molecular weight is 417 g/mol. The normalized spacial score (nSPS) is 17.6.